The number of nitrogens with one attached hydrogen (secondary N) is 1. The zero-order valence-corrected chi connectivity index (χ0v) is 13.3. The third-order valence-corrected chi connectivity index (χ3v) is 4.73. The van der Waals surface area contributed by atoms with Crippen molar-refractivity contribution in [3.63, 3.8) is 0 Å². The molecule has 1 aliphatic carbocycles. The summed E-state index contributed by atoms with van der Waals surface area (Å²) in [5.74, 6) is 0.169. The summed E-state index contributed by atoms with van der Waals surface area (Å²) in [6.07, 6.45) is 5.89. The molecule has 5 heteroatoms. The van der Waals surface area contributed by atoms with Crippen LogP contribution in [0.3, 0.4) is 0 Å². The quantitative estimate of drug-likeness (QED) is 0.820. The number of hydrogen-bond donors (Lipinski definition) is 1. The summed E-state index contributed by atoms with van der Waals surface area (Å²) in [6.45, 7) is 2.48. The number of thiophene rings is 1. The number of amides is 1. The van der Waals surface area contributed by atoms with Crippen LogP contribution in [0.4, 0.5) is 0 Å². The first-order valence-electron chi connectivity index (χ1n) is 7.70. The van der Waals surface area contributed by atoms with E-state index in [1.807, 2.05) is 5.38 Å². The summed E-state index contributed by atoms with van der Waals surface area (Å²) in [5.41, 5.74) is 0.645. The van der Waals surface area contributed by atoms with Crippen molar-refractivity contribution in [1.29, 1.82) is 0 Å². The summed E-state index contributed by atoms with van der Waals surface area (Å²) in [6, 6.07) is 1.77. The molecule has 1 aromatic heterocycles. The molecule has 0 spiro atoms. The van der Waals surface area contributed by atoms with Crippen molar-refractivity contribution in [2.45, 2.75) is 51.6 Å². The van der Waals surface area contributed by atoms with Gasteiger partial charge < -0.3 is 10.1 Å². The third-order valence-electron chi connectivity index (χ3n) is 4.04. The Balaban J connectivity index is 1.68. The lowest BCUT2D eigenvalue weighted by Crippen LogP contribution is -2.31. The summed E-state index contributed by atoms with van der Waals surface area (Å²) in [4.78, 5) is 23.6. The maximum Gasteiger partial charge on any atom is 0.307 e. The molecule has 21 heavy (non-hydrogen) atoms. The lowest BCUT2D eigenvalue weighted by molar-refractivity contribution is -0.153. The highest BCUT2D eigenvalue weighted by Crippen LogP contribution is 2.29. The van der Waals surface area contributed by atoms with Crippen molar-refractivity contribution in [2.24, 2.45) is 5.92 Å². The van der Waals surface area contributed by atoms with Gasteiger partial charge in [-0.1, -0.05) is 13.3 Å². The number of esters is 1. The van der Waals surface area contributed by atoms with Gasteiger partial charge in [0.15, 0.2) is 0 Å². The second-order valence-electron chi connectivity index (χ2n) is 5.50. The van der Waals surface area contributed by atoms with Crippen molar-refractivity contribution < 1.29 is 14.3 Å². The van der Waals surface area contributed by atoms with E-state index in [4.69, 9.17) is 4.74 Å². The first-order valence-corrected chi connectivity index (χ1v) is 8.65. The summed E-state index contributed by atoms with van der Waals surface area (Å²) in [7, 11) is 0. The van der Waals surface area contributed by atoms with Gasteiger partial charge in [-0.15, -0.1) is 0 Å². The van der Waals surface area contributed by atoms with Gasteiger partial charge in [-0.25, -0.2) is 0 Å². The molecule has 1 saturated carbocycles. The second kappa shape index (κ2) is 8.17. The summed E-state index contributed by atoms with van der Waals surface area (Å²) in [5, 5.41) is 6.40. The van der Waals surface area contributed by atoms with Gasteiger partial charge in [-0.05, 0) is 43.0 Å². The molecule has 0 aliphatic heterocycles. The van der Waals surface area contributed by atoms with E-state index in [-0.39, 0.29) is 24.4 Å². The Morgan fingerprint density at radius 3 is 2.90 bits per heavy atom. The van der Waals surface area contributed by atoms with Gasteiger partial charge >= 0.3 is 5.97 Å². The van der Waals surface area contributed by atoms with Crippen LogP contribution in [-0.2, 0) is 9.53 Å². The molecule has 1 heterocycles. The standard InChI is InChI=1S/C16H23NO3S/c1-2-12-5-3-4-6-14(12)20-15(18)7-9-17-16(19)13-8-10-21-11-13/h8,10-12,14H,2-7,9H2,1H3,(H,17,19). The fourth-order valence-corrected chi connectivity index (χ4v) is 3.43. The van der Waals surface area contributed by atoms with Crippen LogP contribution in [0.5, 0.6) is 0 Å². The van der Waals surface area contributed by atoms with Crippen LogP contribution >= 0.6 is 11.3 Å². The largest absolute Gasteiger partial charge is 0.462 e. The predicted octanol–water partition coefficient (Wildman–Crippen LogP) is 3.38. The van der Waals surface area contributed by atoms with E-state index in [0.29, 0.717) is 18.0 Å². The summed E-state index contributed by atoms with van der Waals surface area (Å²) < 4.78 is 5.58. The second-order valence-corrected chi connectivity index (χ2v) is 6.28. The molecule has 1 fully saturated rings. The molecule has 0 radical (unpaired) electrons. The maximum atomic E-state index is 11.9. The molecule has 116 valence electrons. The van der Waals surface area contributed by atoms with Crippen molar-refractivity contribution >= 4 is 23.2 Å². The van der Waals surface area contributed by atoms with Crippen LogP contribution < -0.4 is 5.32 Å². The number of hydrogen-bond acceptors (Lipinski definition) is 4. The van der Waals surface area contributed by atoms with Crippen LogP contribution in [0.1, 0.15) is 55.8 Å². The Morgan fingerprint density at radius 1 is 1.38 bits per heavy atom. The van der Waals surface area contributed by atoms with Crippen molar-refractivity contribution in [3.05, 3.63) is 22.4 Å². The van der Waals surface area contributed by atoms with Gasteiger partial charge in [0, 0.05) is 17.5 Å². The molecule has 2 rings (SSSR count). The van der Waals surface area contributed by atoms with Crippen LogP contribution in [0.15, 0.2) is 16.8 Å². The lowest BCUT2D eigenvalue weighted by Gasteiger charge is -2.30. The first kappa shape index (κ1) is 16.0. The van der Waals surface area contributed by atoms with Gasteiger partial charge in [-0.2, -0.15) is 11.3 Å². The normalized spacial score (nSPS) is 21.8. The Labute approximate surface area is 129 Å². The molecular weight excluding hydrogens is 286 g/mol. The Bertz CT molecular complexity index is 458. The highest BCUT2D eigenvalue weighted by Gasteiger charge is 2.26. The number of rotatable bonds is 6. The molecule has 0 saturated heterocycles. The lowest BCUT2D eigenvalue weighted by atomic mass is 9.85. The monoisotopic (exact) mass is 309 g/mol. The minimum absolute atomic E-state index is 0.0730. The van der Waals surface area contributed by atoms with Gasteiger partial charge in [0.25, 0.3) is 5.91 Å². The molecule has 0 bridgehead atoms. The zero-order chi connectivity index (χ0) is 15.1. The van der Waals surface area contributed by atoms with Crippen LogP contribution in [0.25, 0.3) is 0 Å². The van der Waals surface area contributed by atoms with Gasteiger partial charge in [0.2, 0.25) is 0 Å². The molecule has 1 amide bonds. The first-order chi connectivity index (χ1) is 10.2. The average molecular weight is 309 g/mol. The molecule has 2 atom stereocenters. The number of carbonyl (C=O) groups is 2. The zero-order valence-electron chi connectivity index (χ0n) is 12.5. The van der Waals surface area contributed by atoms with Crippen LogP contribution in [0, 0.1) is 5.92 Å². The smallest absolute Gasteiger partial charge is 0.307 e. The van der Waals surface area contributed by atoms with E-state index >= 15 is 0 Å². The average Bonchev–Trinajstić information content (AvgIpc) is 3.02. The maximum absolute atomic E-state index is 11.9. The summed E-state index contributed by atoms with van der Waals surface area (Å²) >= 11 is 1.48. The number of ether oxygens (including phenoxy) is 1. The van der Waals surface area contributed by atoms with E-state index in [2.05, 4.69) is 12.2 Å². The molecule has 1 N–H and O–H groups in total. The van der Waals surface area contributed by atoms with E-state index in [9.17, 15) is 9.59 Å². The third kappa shape index (κ3) is 4.84. The molecule has 2 unspecified atom stereocenters. The fourth-order valence-electron chi connectivity index (χ4n) is 2.80. The molecular formula is C16H23NO3S. The minimum atomic E-state index is -0.203. The Kier molecular flexibility index (Phi) is 6.23. The minimum Gasteiger partial charge on any atom is -0.462 e. The van der Waals surface area contributed by atoms with Gasteiger partial charge in [0.05, 0.1) is 6.42 Å². The van der Waals surface area contributed by atoms with E-state index in [1.165, 1.54) is 17.8 Å². The van der Waals surface area contributed by atoms with Gasteiger partial charge in [-0.3, -0.25) is 9.59 Å². The Hall–Kier alpha value is -1.36. The van der Waals surface area contributed by atoms with Crippen molar-refractivity contribution in [2.75, 3.05) is 6.54 Å². The highest BCUT2D eigenvalue weighted by molar-refractivity contribution is 7.08. The van der Waals surface area contributed by atoms with Crippen molar-refractivity contribution in [1.82, 2.24) is 5.32 Å². The van der Waals surface area contributed by atoms with Crippen LogP contribution in [-0.4, -0.2) is 24.5 Å². The SMILES string of the molecule is CCC1CCCCC1OC(=O)CCNC(=O)c1ccsc1. The van der Waals surface area contributed by atoms with Crippen molar-refractivity contribution in [3.8, 4) is 0 Å². The fraction of sp³-hybridized carbons (Fsp3) is 0.625. The van der Waals surface area contributed by atoms with E-state index < -0.39 is 0 Å². The molecule has 4 nitrogen and oxygen atoms in total. The van der Waals surface area contributed by atoms with E-state index in [1.54, 1.807) is 11.4 Å². The molecule has 0 aromatic carbocycles. The topological polar surface area (TPSA) is 55.4 Å². The predicted molar refractivity (Wildman–Crippen MR) is 83.4 cm³/mol. The van der Waals surface area contributed by atoms with E-state index in [0.717, 1.165) is 25.7 Å². The highest BCUT2D eigenvalue weighted by atomic mass is 32.1. The Morgan fingerprint density at radius 2 is 2.19 bits per heavy atom. The number of carbonyl (C=O) groups excluding carboxylic acids is 2. The molecule has 1 aliphatic rings. The van der Waals surface area contributed by atoms with Gasteiger partial charge in [0.1, 0.15) is 6.10 Å². The van der Waals surface area contributed by atoms with Crippen LogP contribution in [0.2, 0.25) is 0 Å². The molecule has 1 aromatic rings.